The van der Waals surface area contributed by atoms with Crippen LogP contribution in [0.15, 0.2) is 66.2 Å². The summed E-state index contributed by atoms with van der Waals surface area (Å²) >= 11 is 1.91. The van der Waals surface area contributed by atoms with E-state index < -0.39 is 27.1 Å². The summed E-state index contributed by atoms with van der Waals surface area (Å²) in [5, 5.41) is 34.6. The molecule has 11 nitrogen and oxygen atoms in total. The number of non-ortho nitro benzene ring substituents is 1. The fraction of sp³-hybridized carbons (Fsp3) is 0.0833. The van der Waals surface area contributed by atoms with Crippen LogP contribution in [0, 0.1) is 35.1 Å². The van der Waals surface area contributed by atoms with Crippen LogP contribution in [0.4, 0.5) is 11.4 Å². The number of rotatable bonds is 9. The lowest BCUT2D eigenvalue weighted by Gasteiger charge is -2.13. The Balaban J connectivity index is 1.89. The second kappa shape index (κ2) is 11.8. The highest BCUT2D eigenvalue weighted by molar-refractivity contribution is 14.1. The van der Waals surface area contributed by atoms with E-state index in [0.717, 1.165) is 23.8 Å². The molecule has 0 bridgehead atoms. The first kappa shape index (κ1) is 26.1. The molecule has 12 heteroatoms. The van der Waals surface area contributed by atoms with Crippen LogP contribution in [0.1, 0.15) is 11.1 Å². The number of nitro benzene ring substituents is 2. The molecule has 182 valence electrons. The minimum atomic E-state index is -0.786. The van der Waals surface area contributed by atoms with Crippen molar-refractivity contribution in [2.75, 3.05) is 7.11 Å². The standard InChI is InChI=1S/C24H17IN4O7/c1-35-22-11-16(9-17(13-26)24(30)27-14-15-5-3-2-4-6-15)10-19(25)23(22)36-21-8-7-18(28(31)32)12-20(21)29(33)34/h2-12H,14H2,1H3,(H,27,30)/b17-9-. The van der Waals surface area contributed by atoms with Crippen molar-refractivity contribution in [2.45, 2.75) is 6.54 Å². The highest BCUT2D eigenvalue weighted by Crippen LogP contribution is 2.41. The van der Waals surface area contributed by atoms with Crippen molar-refractivity contribution in [2.24, 2.45) is 0 Å². The van der Waals surface area contributed by atoms with Crippen molar-refractivity contribution in [1.29, 1.82) is 5.26 Å². The third kappa shape index (κ3) is 6.33. The number of nitriles is 1. The normalized spacial score (nSPS) is 10.8. The van der Waals surface area contributed by atoms with Crippen molar-refractivity contribution < 1.29 is 24.1 Å². The SMILES string of the molecule is COc1cc(/C=C(/C#N)C(=O)NCc2ccccc2)cc(I)c1Oc1ccc([N+](=O)[O-])cc1[N+](=O)[O-]. The topological polar surface area (TPSA) is 158 Å². The van der Waals surface area contributed by atoms with Gasteiger partial charge in [0.05, 0.1) is 26.6 Å². The Morgan fingerprint density at radius 1 is 1.08 bits per heavy atom. The molecule has 3 aromatic carbocycles. The number of nitrogens with one attached hydrogen (secondary N) is 1. The summed E-state index contributed by atoms with van der Waals surface area (Å²) in [5.74, 6) is -0.484. The van der Waals surface area contributed by atoms with E-state index in [0.29, 0.717) is 9.13 Å². The highest BCUT2D eigenvalue weighted by Gasteiger charge is 2.23. The van der Waals surface area contributed by atoms with Gasteiger partial charge in [0.15, 0.2) is 11.5 Å². The van der Waals surface area contributed by atoms with Crippen LogP contribution in [-0.2, 0) is 11.3 Å². The average molecular weight is 600 g/mol. The molecule has 0 saturated carbocycles. The average Bonchev–Trinajstić information content (AvgIpc) is 2.87. The van der Waals surface area contributed by atoms with Gasteiger partial charge in [-0.25, -0.2) is 0 Å². The van der Waals surface area contributed by atoms with E-state index in [4.69, 9.17) is 9.47 Å². The van der Waals surface area contributed by atoms with Crippen LogP contribution in [0.3, 0.4) is 0 Å². The van der Waals surface area contributed by atoms with E-state index in [-0.39, 0.29) is 29.4 Å². The molecular formula is C24H17IN4O7. The minimum absolute atomic E-state index is 0.124. The number of hydrogen-bond donors (Lipinski definition) is 1. The molecule has 3 aromatic rings. The van der Waals surface area contributed by atoms with E-state index in [2.05, 4.69) is 5.32 Å². The van der Waals surface area contributed by atoms with Crippen molar-refractivity contribution in [3.8, 4) is 23.3 Å². The van der Waals surface area contributed by atoms with Crippen LogP contribution in [0.5, 0.6) is 17.2 Å². The Morgan fingerprint density at radius 2 is 1.81 bits per heavy atom. The second-order valence-electron chi connectivity index (χ2n) is 7.14. The number of nitro groups is 2. The molecule has 0 aromatic heterocycles. The fourth-order valence-corrected chi connectivity index (χ4v) is 3.80. The molecule has 0 saturated heterocycles. The number of nitrogens with zero attached hydrogens (tertiary/aromatic N) is 3. The summed E-state index contributed by atoms with van der Waals surface area (Å²) < 4.78 is 11.5. The summed E-state index contributed by atoms with van der Waals surface area (Å²) in [5.41, 5.74) is 0.150. The molecule has 0 radical (unpaired) electrons. The number of amides is 1. The molecule has 3 rings (SSSR count). The molecule has 0 aliphatic rings. The van der Waals surface area contributed by atoms with Crippen molar-refractivity contribution in [3.63, 3.8) is 0 Å². The third-order valence-corrected chi connectivity index (χ3v) is 5.59. The molecule has 0 aliphatic heterocycles. The monoisotopic (exact) mass is 600 g/mol. The molecule has 0 unspecified atom stereocenters. The zero-order valence-electron chi connectivity index (χ0n) is 18.6. The van der Waals surface area contributed by atoms with Crippen LogP contribution < -0.4 is 14.8 Å². The van der Waals surface area contributed by atoms with Gasteiger partial charge in [0, 0.05) is 12.6 Å². The zero-order valence-corrected chi connectivity index (χ0v) is 20.8. The number of ether oxygens (including phenoxy) is 2. The summed E-state index contributed by atoms with van der Waals surface area (Å²) in [6, 6.07) is 17.2. The number of carbonyl (C=O) groups excluding carboxylic acids is 1. The first-order chi connectivity index (χ1) is 17.2. The summed E-state index contributed by atoms with van der Waals surface area (Å²) in [4.78, 5) is 33.4. The molecule has 0 spiro atoms. The van der Waals surface area contributed by atoms with Gasteiger partial charge >= 0.3 is 5.69 Å². The van der Waals surface area contributed by atoms with Crippen molar-refractivity contribution >= 4 is 45.9 Å². The molecule has 1 amide bonds. The van der Waals surface area contributed by atoms with E-state index in [1.165, 1.54) is 19.3 Å². The lowest BCUT2D eigenvalue weighted by molar-refractivity contribution is -0.394. The molecule has 0 aliphatic carbocycles. The smallest absolute Gasteiger partial charge is 0.318 e. The number of methoxy groups -OCH3 is 1. The van der Waals surface area contributed by atoms with Crippen molar-refractivity contribution in [1.82, 2.24) is 5.32 Å². The fourth-order valence-electron chi connectivity index (χ4n) is 3.07. The lowest BCUT2D eigenvalue weighted by atomic mass is 10.1. The van der Waals surface area contributed by atoms with Gasteiger partial charge in [0.1, 0.15) is 11.6 Å². The first-order valence-electron chi connectivity index (χ1n) is 10.2. The van der Waals surface area contributed by atoms with Gasteiger partial charge in [-0.3, -0.25) is 25.0 Å². The Labute approximate surface area is 218 Å². The quantitative estimate of drug-likeness (QED) is 0.116. The maximum absolute atomic E-state index is 12.5. The van der Waals surface area contributed by atoms with Gasteiger partial charge in [-0.15, -0.1) is 0 Å². The zero-order chi connectivity index (χ0) is 26.2. The Kier molecular flexibility index (Phi) is 8.52. The predicted molar refractivity (Wildman–Crippen MR) is 137 cm³/mol. The predicted octanol–water partition coefficient (Wildman–Crippen LogP) is 5.13. The lowest BCUT2D eigenvalue weighted by Crippen LogP contribution is -2.23. The largest absolute Gasteiger partial charge is 0.493 e. The molecule has 0 fully saturated rings. The number of benzene rings is 3. The maximum atomic E-state index is 12.5. The molecule has 0 heterocycles. The van der Waals surface area contributed by atoms with Crippen LogP contribution in [0.2, 0.25) is 0 Å². The third-order valence-electron chi connectivity index (χ3n) is 4.79. The van der Waals surface area contributed by atoms with Crippen LogP contribution >= 0.6 is 22.6 Å². The maximum Gasteiger partial charge on any atom is 0.318 e. The van der Waals surface area contributed by atoms with E-state index in [1.807, 2.05) is 59.0 Å². The number of hydrogen-bond acceptors (Lipinski definition) is 8. The molecule has 1 N–H and O–H groups in total. The molecular weight excluding hydrogens is 583 g/mol. The summed E-state index contributed by atoms with van der Waals surface area (Å²) in [6.45, 7) is 0.250. The summed E-state index contributed by atoms with van der Waals surface area (Å²) in [7, 11) is 1.35. The number of carbonyl (C=O) groups is 1. The van der Waals surface area contributed by atoms with Gasteiger partial charge in [-0.2, -0.15) is 5.26 Å². The molecule has 0 atom stereocenters. The highest BCUT2D eigenvalue weighted by atomic mass is 127. The second-order valence-corrected chi connectivity index (χ2v) is 8.30. The Morgan fingerprint density at radius 3 is 2.42 bits per heavy atom. The van der Waals surface area contributed by atoms with Gasteiger partial charge < -0.3 is 14.8 Å². The molecule has 36 heavy (non-hydrogen) atoms. The number of halogens is 1. The van der Waals surface area contributed by atoms with Gasteiger partial charge in [-0.1, -0.05) is 30.3 Å². The van der Waals surface area contributed by atoms with Crippen LogP contribution in [-0.4, -0.2) is 22.9 Å². The van der Waals surface area contributed by atoms with Gasteiger partial charge in [-0.05, 0) is 58.0 Å². The van der Waals surface area contributed by atoms with E-state index in [9.17, 15) is 30.3 Å². The van der Waals surface area contributed by atoms with Gasteiger partial charge in [0.2, 0.25) is 5.75 Å². The van der Waals surface area contributed by atoms with Gasteiger partial charge in [0.25, 0.3) is 11.6 Å². The van der Waals surface area contributed by atoms with Crippen molar-refractivity contribution in [3.05, 3.63) is 101 Å². The van der Waals surface area contributed by atoms with Crippen LogP contribution in [0.25, 0.3) is 6.08 Å². The Bertz CT molecular complexity index is 1400. The minimum Gasteiger partial charge on any atom is -0.493 e. The van der Waals surface area contributed by atoms with E-state index >= 15 is 0 Å². The first-order valence-corrected chi connectivity index (χ1v) is 11.2. The summed E-state index contributed by atoms with van der Waals surface area (Å²) in [6.07, 6.45) is 1.38. The Hall–Kier alpha value is -4.51. The van der Waals surface area contributed by atoms with E-state index in [1.54, 1.807) is 6.07 Å².